The van der Waals surface area contributed by atoms with Crippen LogP contribution in [0.25, 0.3) is 11.0 Å². The van der Waals surface area contributed by atoms with Crippen LogP contribution in [0, 0.1) is 0 Å². The number of allylic oxidation sites excluding steroid dienone is 2. The van der Waals surface area contributed by atoms with Gasteiger partial charge in [0, 0.05) is 11.3 Å². The molecule has 3 heteroatoms. The Labute approximate surface area is 124 Å². The first-order valence-corrected chi connectivity index (χ1v) is 7.34. The molecule has 110 valence electrons. The quantitative estimate of drug-likeness (QED) is 0.554. The predicted octanol–water partition coefficient (Wildman–Crippen LogP) is 4.86. The smallest absolute Gasteiger partial charge is 0.193 e. The first-order valence-electron chi connectivity index (χ1n) is 7.34. The molecule has 0 bridgehead atoms. The fraction of sp³-hybridized carbons (Fsp3) is 0.389. The molecule has 0 saturated carbocycles. The standard InChI is InChI=1S/C18H20O3/c1-10(2)13-7-5-11(3)18-16(17(13)19)14-9-12(20-4)6-8-15(14)21-18/h6,8-9,11H,5,7H2,1-4H3/t11-/m1/s1. The Morgan fingerprint density at radius 1 is 1.33 bits per heavy atom. The second kappa shape index (κ2) is 5.06. The van der Waals surface area contributed by atoms with Crippen molar-refractivity contribution in [3.63, 3.8) is 0 Å². The Hall–Kier alpha value is -2.03. The van der Waals surface area contributed by atoms with Gasteiger partial charge in [0.2, 0.25) is 0 Å². The van der Waals surface area contributed by atoms with Crippen molar-refractivity contribution >= 4 is 16.8 Å². The van der Waals surface area contributed by atoms with Gasteiger partial charge in [-0.1, -0.05) is 12.5 Å². The van der Waals surface area contributed by atoms with E-state index in [2.05, 4.69) is 6.92 Å². The van der Waals surface area contributed by atoms with E-state index < -0.39 is 0 Å². The van der Waals surface area contributed by atoms with E-state index in [0.717, 1.165) is 52.0 Å². The topological polar surface area (TPSA) is 39.4 Å². The molecule has 3 rings (SSSR count). The van der Waals surface area contributed by atoms with Gasteiger partial charge in [-0.2, -0.15) is 0 Å². The molecule has 0 saturated heterocycles. The Morgan fingerprint density at radius 3 is 2.76 bits per heavy atom. The van der Waals surface area contributed by atoms with Crippen LogP contribution in [0.2, 0.25) is 0 Å². The van der Waals surface area contributed by atoms with E-state index in [1.165, 1.54) is 0 Å². The third-order valence-corrected chi connectivity index (χ3v) is 4.30. The van der Waals surface area contributed by atoms with Crippen molar-refractivity contribution in [1.82, 2.24) is 0 Å². The SMILES string of the molecule is COc1ccc2oc3c(c2c1)C(=O)C(=C(C)C)CC[C@H]3C. The van der Waals surface area contributed by atoms with Crippen LogP contribution in [0.3, 0.4) is 0 Å². The molecule has 21 heavy (non-hydrogen) atoms. The number of hydrogen-bond donors (Lipinski definition) is 0. The summed E-state index contributed by atoms with van der Waals surface area (Å²) in [6.45, 7) is 6.14. The molecule has 3 nitrogen and oxygen atoms in total. The molecule has 1 aromatic carbocycles. The summed E-state index contributed by atoms with van der Waals surface area (Å²) < 4.78 is 11.3. The number of carbonyl (C=O) groups excluding carboxylic acids is 1. The molecule has 0 amide bonds. The van der Waals surface area contributed by atoms with Gasteiger partial charge in [0.1, 0.15) is 17.1 Å². The second-order valence-corrected chi connectivity index (χ2v) is 5.95. The molecular formula is C18H20O3. The van der Waals surface area contributed by atoms with Gasteiger partial charge in [0.15, 0.2) is 5.78 Å². The molecule has 1 aromatic heterocycles. The first-order chi connectivity index (χ1) is 10.0. The maximum absolute atomic E-state index is 12.9. The van der Waals surface area contributed by atoms with Gasteiger partial charge in [-0.3, -0.25) is 4.79 Å². The fourth-order valence-corrected chi connectivity index (χ4v) is 3.04. The van der Waals surface area contributed by atoms with Crippen LogP contribution in [0.5, 0.6) is 5.75 Å². The van der Waals surface area contributed by atoms with Gasteiger partial charge < -0.3 is 9.15 Å². The van der Waals surface area contributed by atoms with E-state index in [0.29, 0.717) is 0 Å². The summed E-state index contributed by atoms with van der Waals surface area (Å²) in [5, 5.41) is 0.863. The maximum Gasteiger partial charge on any atom is 0.193 e. The minimum Gasteiger partial charge on any atom is -0.497 e. The number of rotatable bonds is 1. The highest BCUT2D eigenvalue weighted by Gasteiger charge is 2.30. The number of hydrogen-bond acceptors (Lipinski definition) is 3. The average Bonchev–Trinajstić information content (AvgIpc) is 2.79. The van der Waals surface area contributed by atoms with Gasteiger partial charge in [0.05, 0.1) is 12.7 Å². The Kier molecular flexibility index (Phi) is 3.36. The van der Waals surface area contributed by atoms with Gasteiger partial charge in [-0.15, -0.1) is 0 Å². The van der Waals surface area contributed by atoms with Gasteiger partial charge in [-0.25, -0.2) is 0 Å². The van der Waals surface area contributed by atoms with Crippen LogP contribution >= 0.6 is 0 Å². The van der Waals surface area contributed by atoms with Crippen LogP contribution in [0.4, 0.5) is 0 Å². The zero-order chi connectivity index (χ0) is 15.1. The van der Waals surface area contributed by atoms with Crippen molar-refractivity contribution in [2.45, 2.75) is 39.5 Å². The zero-order valence-corrected chi connectivity index (χ0v) is 12.9. The molecule has 1 atom stereocenters. The Bertz CT molecular complexity index is 745. The lowest BCUT2D eigenvalue weighted by Gasteiger charge is -2.06. The summed E-state index contributed by atoms with van der Waals surface area (Å²) in [5.41, 5.74) is 3.50. The summed E-state index contributed by atoms with van der Waals surface area (Å²) in [7, 11) is 1.63. The molecule has 0 N–H and O–H groups in total. The molecule has 1 aliphatic carbocycles. The van der Waals surface area contributed by atoms with E-state index in [9.17, 15) is 4.79 Å². The largest absolute Gasteiger partial charge is 0.497 e. The zero-order valence-electron chi connectivity index (χ0n) is 12.9. The monoisotopic (exact) mass is 284 g/mol. The number of methoxy groups -OCH3 is 1. The number of furan rings is 1. The van der Waals surface area contributed by atoms with E-state index in [4.69, 9.17) is 9.15 Å². The number of Topliss-reactive ketones (excluding diaryl/α,β-unsaturated/α-hetero) is 1. The lowest BCUT2D eigenvalue weighted by molar-refractivity contribution is 0.103. The van der Waals surface area contributed by atoms with Crippen molar-refractivity contribution in [2.24, 2.45) is 0 Å². The highest BCUT2D eigenvalue weighted by Crippen LogP contribution is 2.40. The van der Waals surface area contributed by atoms with E-state index in [1.807, 2.05) is 32.0 Å². The Balaban J connectivity index is 2.31. The van der Waals surface area contributed by atoms with Crippen molar-refractivity contribution in [3.8, 4) is 5.75 Å². The van der Waals surface area contributed by atoms with Gasteiger partial charge >= 0.3 is 0 Å². The summed E-state index contributed by atoms with van der Waals surface area (Å²) in [4.78, 5) is 12.9. The molecular weight excluding hydrogens is 264 g/mol. The van der Waals surface area contributed by atoms with Crippen LogP contribution in [0.1, 0.15) is 55.6 Å². The lowest BCUT2D eigenvalue weighted by atomic mass is 9.97. The van der Waals surface area contributed by atoms with Crippen molar-refractivity contribution < 1.29 is 13.9 Å². The van der Waals surface area contributed by atoms with E-state index in [-0.39, 0.29) is 11.7 Å². The van der Waals surface area contributed by atoms with Crippen molar-refractivity contribution in [1.29, 1.82) is 0 Å². The minimum atomic E-state index is 0.112. The molecule has 0 unspecified atom stereocenters. The maximum atomic E-state index is 12.9. The van der Waals surface area contributed by atoms with Gasteiger partial charge in [-0.05, 0) is 50.5 Å². The summed E-state index contributed by atoms with van der Waals surface area (Å²) in [6, 6.07) is 5.64. The molecule has 0 fully saturated rings. The second-order valence-electron chi connectivity index (χ2n) is 5.95. The Morgan fingerprint density at radius 2 is 2.10 bits per heavy atom. The highest BCUT2D eigenvalue weighted by atomic mass is 16.5. The number of ether oxygens (including phenoxy) is 1. The molecule has 0 radical (unpaired) electrons. The first kappa shape index (κ1) is 13.9. The summed E-state index contributed by atoms with van der Waals surface area (Å²) >= 11 is 0. The van der Waals surface area contributed by atoms with Crippen LogP contribution in [0.15, 0.2) is 33.8 Å². The number of fused-ring (bicyclic) bond motifs is 3. The van der Waals surface area contributed by atoms with Gasteiger partial charge in [0.25, 0.3) is 0 Å². The normalized spacial score (nSPS) is 18.6. The summed E-state index contributed by atoms with van der Waals surface area (Å²) in [6.07, 6.45) is 1.76. The average molecular weight is 284 g/mol. The molecule has 0 spiro atoms. The van der Waals surface area contributed by atoms with E-state index in [1.54, 1.807) is 7.11 Å². The number of benzene rings is 1. The van der Waals surface area contributed by atoms with Crippen molar-refractivity contribution in [2.75, 3.05) is 7.11 Å². The van der Waals surface area contributed by atoms with Crippen LogP contribution in [-0.4, -0.2) is 12.9 Å². The lowest BCUT2D eigenvalue weighted by Crippen LogP contribution is -2.04. The molecule has 1 heterocycles. The molecule has 2 aromatic rings. The fourth-order valence-electron chi connectivity index (χ4n) is 3.04. The molecule has 0 aliphatic heterocycles. The third kappa shape index (κ3) is 2.17. The van der Waals surface area contributed by atoms with Crippen molar-refractivity contribution in [3.05, 3.63) is 40.7 Å². The predicted molar refractivity (Wildman–Crippen MR) is 83.1 cm³/mol. The van der Waals surface area contributed by atoms with Crippen LogP contribution in [-0.2, 0) is 0 Å². The number of ketones is 1. The molecule has 1 aliphatic rings. The number of carbonyl (C=O) groups is 1. The highest BCUT2D eigenvalue weighted by molar-refractivity contribution is 6.17. The minimum absolute atomic E-state index is 0.112. The summed E-state index contributed by atoms with van der Waals surface area (Å²) in [5.74, 6) is 1.93. The third-order valence-electron chi connectivity index (χ3n) is 4.30. The van der Waals surface area contributed by atoms with Crippen LogP contribution < -0.4 is 4.74 Å². The van der Waals surface area contributed by atoms with E-state index >= 15 is 0 Å².